The summed E-state index contributed by atoms with van der Waals surface area (Å²) in [5.74, 6) is -0.586. The molecule has 1 amide bonds. The van der Waals surface area contributed by atoms with Gasteiger partial charge in [-0.1, -0.05) is 0 Å². The van der Waals surface area contributed by atoms with Crippen LogP contribution in [0.25, 0.3) is 32.8 Å². The predicted octanol–water partition coefficient (Wildman–Crippen LogP) is 4.99. The predicted molar refractivity (Wildman–Crippen MR) is 125 cm³/mol. The molecule has 2 N–H and O–H groups in total. The summed E-state index contributed by atoms with van der Waals surface area (Å²) in [7, 11) is 0. The molecule has 3 aromatic heterocycles. The van der Waals surface area contributed by atoms with Gasteiger partial charge in [0.1, 0.15) is 17.0 Å². The van der Waals surface area contributed by atoms with E-state index in [2.05, 4.69) is 10.3 Å². The maximum absolute atomic E-state index is 13.6. The summed E-state index contributed by atoms with van der Waals surface area (Å²) in [6.45, 7) is 6.09. The highest BCUT2D eigenvalue weighted by Crippen LogP contribution is 2.34. The number of aromatic amines is 1. The topological polar surface area (TPSA) is 88.2 Å². The number of benzene rings is 2. The van der Waals surface area contributed by atoms with E-state index in [1.54, 1.807) is 12.3 Å². The van der Waals surface area contributed by atoms with Gasteiger partial charge in [-0.3, -0.25) is 4.79 Å². The third-order valence-electron chi connectivity index (χ3n) is 6.25. The van der Waals surface area contributed by atoms with E-state index in [1.807, 2.05) is 33.0 Å². The van der Waals surface area contributed by atoms with E-state index in [4.69, 9.17) is 8.83 Å². The molecule has 0 saturated heterocycles. The van der Waals surface area contributed by atoms with Gasteiger partial charge in [-0.2, -0.15) is 0 Å². The smallest absolute Gasteiger partial charge is 0.340 e. The Hall–Kier alpha value is -3.87. The van der Waals surface area contributed by atoms with Crippen molar-refractivity contribution in [3.63, 3.8) is 0 Å². The molecular formula is C26H23FN2O4. The summed E-state index contributed by atoms with van der Waals surface area (Å²) >= 11 is 0. The molecule has 0 fully saturated rings. The summed E-state index contributed by atoms with van der Waals surface area (Å²) in [5.41, 5.74) is 5.32. The van der Waals surface area contributed by atoms with Gasteiger partial charge in [-0.25, -0.2) is 9.18 Å². The van der Waals surface area contributed by atoms with E-state index >= 15 is 0 Å². The fourth-order valence-corrected chi connectivity index (χ4v) is 4.59. The van der Waals surface area contributed by atoms with Gasteiger partial charge in [0.2, 0.25) is 5.91 Å². The number of amides is 1. The van der Waals surface area contributed by atoms with Crippen LogP contribution in [0.1, 0.15) is 27.8 Å². The lowest BCUT2D eigenvalue weighted by molar-refractivity contribution is -0.120. The zero-order valence-electron chi connectivity index (χ0n) is 18.6. The first-order chi connectivity index (χ1) is 15.8. The fraction of sp³-hybridized carbons (Fsp3) is 0.231. The van der Waals surface area contributed by atoms with Crippen LogP contribution in [0, 0.1) is 26.6 Å². The lowest BCUT2D eigenvalue weighted by atomic mass is 9.99. The quantitative estimate of drug-likeness (QED) is 0.373. The number of nitrogens with one attached hydrogen (secondary N) is 2. The Morgan fingerprint density at radius 1 is 1.12 bits per heavy atom. The Morgan fingerprint density at radius 3 is 2.76 bits per heavy atom. The molecule has 33 heavy (non-hydrogen) atoms. The highest BCUT2D eigenvalue weighted by Gasteiger charge is 2.20. The number of aryl methyl sites for hydroxylation is 3. The second-order valence-corrected chi connectivity index (χ2v) is 8.46. The molecule has 0 aliphatic carbocycles. The standard InChI is InChI=1S/C26H23FN2O4/c1-13-8-21-24(25-23(13)14(2)12-32-25)15(3)18(26(31)33-21)10-22(30)28-7-6-16-11-29-20-5-4-17(27)9-19(16)20/h4-5,8-9,11-12,29H,6-7,10H2,1-3H3,(H,28,30). The van der Waals surface area contributed by atoms with E-state index in [0.717, 1.165) is 33.0 Å². The molecule has 6 nitrogen and oxygen atoms in total. The van der Waals surface area contributed by atoms with Crippen LogP contribution in [0.2, 0.25) is 0 Å². The van der Waals surface area contributed by atoms with Crippen molar-refractivity contribution in [1.29, 1.82) is 0 Å². The molecule has 0 spiro atoms. The zero-order chi connectivity index (χ0) is 23.3. The van der Waals surface area contributed by atoms with Crippen LogP contribution >= 0.6 is 0 Å². The minimum absolute atomic E-state index is 0.0956. The highest BCUT2D eigenvalue weighted by molar-refractivity contribution is 6.07. The monoisotopic (exact) mass is 446 g/mol. The number of carbonyl (C=O) groups excluding carboxylic acids is 1. The minimum Gasteiger partial charge on any atom is -0.463 e. The number of hydrogen-bond acceptors (Lipinski definition) is 4. The van der Waals surface area contributed by atoms with Gasteiger partial charge in [-0.05, 0) is 73.7 Å². The van der Waals surface area contributed by atoms with Crippen LogP contribution < -0.4 is 10.9 Å². The Bertz CT molecular complexity index is 1610. The van der Waals surface area contributed by atoms with Crippen molar-refractivity contribution in [2.24, 2.45) is 0 Å². The molecule has 0 saturated carbocycles. The maximum Gasteiger partial charge on any atom is 0.340 e. The van der Waals surface area contributed by atoms with E-state index < -0.39 is 5.63 Å². The number of H-pyrrole nitrogens is 1. The van der Waals surface area contributed by atoms with Crippen LogP contribution in [-0.2, 0) is 17.6 Å². The first-order valence-electron chi connectivity index (χ1n) is 10.8. The summed E-state index contributed by atoms with van der Waals surface area (Å²) in [5, 5.41) is 5.35. The van der Waals surface area contributed by atoms with Gasteiger partial charge in [0.25, 0.3) is 0 Å². The lowest BCUT2D eigenvalue weighted by Gasteiger charge is -2.10. The zero-order valence-corrected chi connectivity index (χ0v) is 18.6. The summed E-state index contributed by atoms with van der Waals surface area (Å²) in [6, 6.07) is 6.41. The molecule has 2 aromatic carbocycles. The van der Waals surface area contributed by atoms with Crippen LogP contribution in [0.3, 0.4) is 0 Å². The molecule has 5 rings (SSSR count). The first kappa shape index (κ1) is 21.0. The van der Waals surface area contributed by atoms with Crippen LogP contribution in [0.5, 0.6) is 0 Å². The van der Waals surface area contributed by atoms with Crippen molar-refractivity contribution >= 4 is 38.7 Å². The van der Waals surface area contributed by atoms with Gasteiger partial charge < -0.3 is 19.1 Å². The Kier molecular flexibility index (Phi) is 5.04. The SMILES string of the molecule is Cc1coc2c1c(C)cc1oc(=O)c(CC(=O)NCCc3c[nH]c4ccc(F)cc34)c(C)c12. The van der Waals surface area contributed by atoms with Crippen molar-refractivity contribution in [2.45, 2.75) is 33.6 Å². The number of halogens is 1. The fourth-order valence-electron chi connectivity index (χ4n) is 4.59. The Morgan fingerprint density at radius 2 is 1.94 bits per heavy atom. The average Bonchev–Trinajstić information content (AvgIpc) is 3.34. The van der Waals surface area contributed by atoms with Gasteiger partial charge in [0.15, 0.2) is 0 Å². The number of hydrogen-bond donors (Lipinski definition) is 2. The molecule has 0 aliphatic rings. The van der Waals surface area contributed by atoms with Crippen molar-refractivity contribution in [1.82, 2.24) is 10.3 Å². The molecule has 0 atom stereocenters. The molecule has 168 valence electrons. The van der Waals surface area contributed by atoms with Gasteiger partial charge in [-0.15, -0.1) is 0 Å². The maximum atomic E-state index is 13.6. The molecule has 5 aromatic rings. The molecule has 0 unspecified atom stereocenters. The summed E-state index contributed by atoms with van der Waals surface area (Å²) in [6.07, 6.45) is 3.94. The van der Waals surface area contributed by atoms with E-state index in [9.17, 15) is 14.0 Å². The van der Waals surface area contributed by atoms with Crippen molar-refractivity contribution in [3.8, 4) is 0 Å². The number of carbonyl (C=O) groups is 1. The molecular weight excluding hydrogens is 423 g/mol. The third kappa shape index (κ3) is 3.59. The largest absolute Gasteiger partial charge is 0.463 e. The minimum atomic E-state index is -0.524. The van der Waals surface area contributed by atoms with Crippen LogP contribution in [-0.4, -0.2) is 17.4 Å². The molecule has 0 bridgehead atoms. The lowest BCUT2D eigenvalue weighted by Crippen LogP contribution is -2.29. The third-order valence-corrected chi connectivity index (χ3v) is 6.25. The van der Waals surface area contributed by atoms with E-state index in [1.165, 1.54) is 12.1 Å². The number of furan rings is 1. The summed E-state index contributed by atoms with van der Waals surface area (Å²) < 4.78 is 24.9. The average molecular weight is 446 g/mol. The van der Waals surface area contributed by atoms with E-state index in [-0.39, 0.29) is 18.1 Å². The Labute approximate surface area is 188 Å². The molecule has 3 heterocycles. The van der Waals surface area contributed by atoms with Crippen molar-refractivity contribution in [2.75, 3.05) is 6.54 Å². The van der Waals surface area contributed by atoms with Crippen molar-refractivity contribution in [3.05, 3.63) is 80.8 Å². The van der Waals surface area contributed by atoms with E-state index in [0.29, 0.717) is 40.6 Å². The molecule has 0 radical (unpaired) electrons. The van der Waals surface area contributed by atoms with Gasteiger partial charge >= 0.3 is 5.63 Å². The highest BCUT2D eigenvalue weighted by atomic mass is 19.1. The second-order valence-electron chi connectivity index (χ2n) is 8.46. The normalized spacial score (nSPS) is 11.6. The number of fused-ring (bicyclic) bond motifs is 4. The second kappa shape index (κ2) is 7.92. The van der Waals surface area contributed by atoms with Gasteiger partial charge in [0, 0.05) is 29.0 Å². The van der Waals surface area contributed by atoms with Crippen LogP contribution in [0.4, 0.5) is 4.39 Å². The summed E-state index contributed by atoms with van der Waals surface area (Å²) in [4.78, 5) is 28.4. The number of rotatable bonds is 5. The number of aromatic nitrogens is 1. The Balaban J connectivity index is 1.37. The van der Waals surface area contributed by atoms with Crippen LogP contribution in [0.15, 0.2) is 50.4 Å². The van der Waals surface area contributed by atoms with Crippen molar-refractivity contribution < 1.29 is 18.0 Å². The first-order valence-corrected chi connectivity index (χ1v) is 10.8. The molecule has 0 aliphatic heterocycles. The molecule has 7 heteroatoms. The van der Waals surface area contributed by atoms with Gasteiger partial charge in [0.05, 0.1) is 23.6 Å².